The molecular formula is C12H26N2O. The maximum atomic E-state index is 9.09. The SMILES string of the molecule is CNC(CO)CN(C)CC1CCCCC1. The second kappa shape index (κ2) is 7.20. The molecule has 0 bridgehead atoms. The van der Waals surface area contributed by atoms with Crippen LogP contribution in [0.2, 0.25) is 0 Å². The van der Waals surface area contributed by atoms with Crippen molar-refractivity contribution in [2.75, 3.05) is 33.8 Å². The van der Waals surface area contributed by atoms with Crippen LogP contribution >= 0.6 is 0 Å². The lowest BCUT2D eigenvalue weighted by Gasteiger charge is -2.29. The lowest BCUT2D eigenvalue weighted by atomic mass is 9.89. The van der Waals surface area contributed by atoms with E-state index in [1.165, 1.54) is 38.6 Å². The van der Waals surface area contributed by atoms with E-state index < -0.39 is 0 Å². The Morgan fingerprint density at radius 3 is 2.53 bits per heavy atom. The number of aliphatic hydroxyl groups excluding tert-OH is 1. The molecule has 1 unspecified atom stereocenters. The van der Waals surface area contributed by atoms with Gasteiger partial charge < -0.3 is 15.3 Å². The molecule has 0 aromatic heterocycles. The molecule has 1 saturated carbocycles. The fourth-order valence-corrected chi connectivity index (χ4v) is 2.50. The highest BCUT2D eigenvalue weighted by atomic mass is 16.3. The lowest BCUT2D eigenvalue weighted by Crippen LogP contribution is -2.41. The summed E-state index contributed by atoms with van der Waals surface area (Å²) in [6.07, 6.45) is 7.04. The number of rotatable bonds is 6. The zero-order chi connectivity index (χ0) is 11.1. The summed E-state index contributed by atoms with van der Waals surface area (Å²) < 4.78 is 0. The maximum Gasteiger partial charge on any atom is 0.0597 e. The van der Waals surface area contributed by atoms with E-state index in [0.29, 0.717) is 0 Å². The smallest absolute Gasteiger partial charge is 0.0597 e. The highest BCUT2D eigenvalue weighted by molar-refractivity contribution is 4.72. The monoisotopic (exact) mass is 214 g/mol. The van der Waals surface area contributed by atoms with Gasteiger partial charge in [-0.1, -0.05) is 19.3 Å². The first-order valence-corrected chi connectivity index (χ1v) is 6.23. The van der Waals surface area contributed by atoms with Gasteiger partial charge in [0.25, 0.3) is 0 Å². The first kappa shape index (κ1) is 12.9. The summed E-state index contributed by atoms with van der Waals surface area (Å²) >= 11 is 0. The fraction of sp³-hybridized carbons (Fsp3) is 1.00. The van der Waals surface area contributed by atoms with E-state index >= 15 is 0 Å². The molecule has 3 nitrogen and oxygen atoms in total. The molecule has 0 heterocycles. The third-order valence-corrected chi connectivity index (χ3v) is 3.46. The van der Waals surface area contributed by atoms with Gasteiger partial charge in [-0.25, -0.2) is 0 Å². The van der Waals surface area contributed by atoms with Gasteiger partial charge in [-0.3, -0.25) is 0 Å². The largest absolute Gasteiger partial charge is 0.395 e. The van der Waals surface area contributed by atoms with Crippen LogP contribution in [0.15, 0.2) is 0 Å². The van der Waals surface area contributed by atoms with Crippen LogP contribution in [-0.2, 0) is 0 Å². The molecule has 1 fully saturated rings. The minimum Gasteiger partial charge on any atom is -0.395 e. The standard InChI is InChI=1S/C12H26N2O/c1-13-12(10-15)9-14(2)8-11-6-4-3-5-7-11/h11-13,15H,3-10H2,1-2H3. The number of nitrogens with one attached hydrogen (secondary N) is 1. The highest BCUT2D eigenvalue weighted by Crippen LogP contribution is 2.23. The molecule has 0 amide bonds. The van der Waals surface area contributed by atoms with Gasteiger partial charge in [0.05, 0.1) is 6.61 Å². The second-order valence-corrected chi connectivity index (χ2v) is 4.89. The van der Waals surface area contributed by atoms with Gasteiger partial charge in [-0.05, 0) is 32.9 Å². The molecule has 0 spiro atoms. The molecule has 0 radical (unpaired) electrons. The van der Waals surface area contributed by atoms with Crippen molar-refractivity contribution in [2.45, 2.75) is 38.1 Å². The average Bonchev–Trinajstić information content (AvgIpc) is 2.27. The van der Waals surface area contributed by atoms with Crippen molar-refractivity contribution < 1.29 is 5.11 Å². The molecule has 90 valence electrons. The second-order valence-electron chi connectivity index (χ2n) is 4.89. The third kappa shape index (κ3) is 4.96. The average molecular weight is 214 g/mol. The molecule has 0 aromatic rings. The van der Waals surface area contributed by atoms with Crippen molar-refractivity contribution in [2.24, 2.45) is 5.92 Å². The fourth-order valence-electron chi connectivity index (χ4n) is 2.50. The van der Waals surface area contributed by atoms with Crippen molar-refractivity contribution in [3.8, 4) is 0 Å². The summed E-state index contributed by atoms with van der Waals surface area (Å²) in [5.74, 6) is 0.889. The Bertz CT molecular complexity index is 154. The Kier molecular flexibility index (Phi) is 6.22. The molecule has 15 heavy (non-hydrogen) atoms. The zero-order valence-corrected chi connectivity index (χ0v) is 10.2. The topological polar surface area (TPSA) is 35.5 Å². The first-order chi connectivity index (χ1) is 7.26. The molecule has 3 heteroatoms. The molecule has 1 aliphatic rings. The molecular weight excluding hydrogens is 188 g/mol. The van der Waals surface area contributed by atoms with Crippen LogP contribution in [-0.4, -0.2) is 49.8 Å². The van der Waals surface area contributed by atoms with Crippen LogP contribution in [0.4, 0.5) is 0 Å². The van der Waals surface area contributed by atoms with Crippen molar-refractivity contribution in [3.63, 3.8) is 0 Å². The summed E-state index contributed by atoms with van der Waals surface area (Å²) in [6, 6.07) is 0.221. The molecule has 0 saturated heterocycles. The van der Waals surface area contributed by atoms with Crippen LogP contribution in [0, 0.1) is 5.92 Å². The number of nitrogens with zero attached hydrogens (tertiary/aromatic N) is 1. The van der Waals surface area contributed by atoms with Crippen molar-refractivity contribution in [1.29, 1.82) is 0 Å². The normalized spacial score (nSPS) is 20.8. The summed E-state index contributed by atoms with van der Waals surface area (Å²) in [4.78, 5) is 2.35. The van der Waals surface area contributed by atoms with E-state index in [1.807, 2.05) is 7.05 Å². The predicted octanol–water partition coefficient (Wildman–Crippen LogP) is 1.08. The van der Waals surface area contributed by atoms with Crippen LogP contribution in [0.1, 0.15) is 32.1 Å². The van der Waals surface area contributed by atoms with E-state index in [9.17, 15) is 0 Å². The van der Waals surface area contributed by atoms with Gasteiger partial charge in [-0.2, -0.15) is 0 Å². The Balaban J connectivity index is 2.18. The van der Waals surface area contributed by atoms with Gasteiger partial charge >= 0.3 is 0 Å². The van der Waals surface area contributed by atoms with E-state index in [-0.39, 0.29) is 12.6 Å². The van der Waals surface area contributed by atoms with Crippen LogP contribution in [0.25, 0.3) is 0 Å². The van der Waals surface area contributed by atoms with Crippen molar-refractivity contribution in [1.82, 2.24) is 10.2 Å². The summed E-state index contributed by atoms with van der Waals surface area (Å²) in [6.45, 7) is 2.37. The predicted molar refractivity (Wildman–Crippen MR) is 64.0 cm³/mol. The van der Waals surface area contributed by atoms with Gasteiger partial charge in [0.1, 0.15) is 0 Å². The van der Waals surface area contributed by atoms with Crippen LogP contribution in [0.3, 0.4) is 0 Å². The minimum atomic E-state index is 0.221. The lowest BCUT2D eigenvalue weighted by molar-refractivity contribution is 0.179. The van der Waals surface area contributed by atoms with E-state index in [1.54, 1.807) is 0 Å². The maximum absolute atomic E-state index is 9.09. The molecule has 1 rings (SSSR count). The summed E-state index contributed by atoms with van der Waals surface area (Å²) in [5.41, 5.74) is 0. The summed E-state index contributed by atoms with van der Waals surface area (Å²) in [7, 11) is 4.07. The molecule has 0 aromatic carbocycles. The number of hydrogen-bond donors (Lipinski definition) is 2. The van der Waals surface area contributed by atoms with Gasteiger partial charge in [0.15, 0.2) is 0 Å². The first-order valence-electron chi connectivity index (χ1n) is 6.23. The Morgan fingerprint density at radius 2 is 2.00 bits per heavy atom. The number of hydrogen-bond acceptors (Lipinski definition) is 3. The van der Waals surface area contributed by atoms with Crippen molar-refractivity contribution >= 4 is 0 Å². The Morgan fingerprint density at radius 1 is 1.33 bits per heavy atom. The number of likely N-dealkylation sites (N-methyl/N-ethyl adjacent to an activating group) is 2. The van der Waals surface area contributed by atoms with Crippen molar-refractivity contribution in [3.05, 3.63) is 0 Å². The minimum absolute atomic E-state index is 0.221. The zero-order valence-electron chi connectivity index (χ0n) is 10.2. The quantitative estimate of drug-likeness (QED) is 0.694. The molecule has 1 aliphatic carbocycles. The van der Waals surface area contributed by atoms with Crippen LogP contribution < -0.4 is 5.32 Å². The third-order valence-electron chi connectivity index (χ3n) is 3.46. The molecule has 1 atom stereocenters. The number of aliphatic hydroxyl groups is 1. The van der Waals surface area contributed by atoms with Gasteiger partial charge in [0, 0.05) is 19.1 Å². The Labute approximate surface area is 93.9 Å². The molecule has 2 N–H and O–H groups in total. The molecule has 0 aliphatic heterocycles. The highest BCUT2D eigenvalue weighted by Gasteiger charge is 2.16. The summed E-state index contributed by atoms with van der Waals surface area (Å²) in [5, 5.41) is 12.2. The van der Waals surface area contributed by atoms with Gasteiger partial charge in [-0.15, -0.1) is 0 Å². The van der Waals surface area contributed by atoms with Gasteiger partial charge in [0.2, 0.25) is 0 Å². The van der Waals surface area contributed by atoms with E-state index in [2.05, 4.69) is 17.3 Å². The van der Waals surface area contributed by atoms with E-state index in [4.69, 9.17) is 5.11 Å². The van der Waals surface area contributed by atoms with Crippen LogP contribution in [0.5, 0.6) is 0 Å². The van der Waals surface area contributed by atoms with E-state index in [0.717, 1.165) is 12.5 Å². The Hall–Kier alpha value is -0.120.